The largest absolute Gasteiger partial charge is 0.444 e. The molecule has 142 valence electrons. The summed E-state index contributed by atoms with van der Waals surface area (Å²) < 4.78 is 13.2. The van der Waals surface area contributed by atoms with Crippen molar-refractivity contribution in [1.29, 1.82) is 0 Å². The Morgan fingerprint density at radius 1 is 1.22 bits per heavy atom. The van der Waals surface area contributed by atoms with Crippen LogP contribution >= 0.6 is 23.4 Å². The fourth-order valence-electron chi connectivity index (χ4n) is 2.93. The van der Waals surface area contributed by atoms with Gasteiger partial charge in [-0.15, -0.1) is 10.2 Å². The first-order valence-electron chi connectivity index (χ1n) is 8.83. The molecular formula is C18H20ClN5O2S. The first-order chi connectivity index (χ1) is 13.2. The number of nitrogens with zero attached hydrogens (tertiary/aromatic N) is 5. The van der Waals surface area contributed by atoms with Gasteiger partial charge in [0, 0.05) is 36.0 Å². The molecule has 4 rings (SSSR count). The number of oxazole rings is 1. The lowest BCUT2D eigenvalue weighted by Crippen LogP contribution is -2.38. The Morgan fingerprint density at radius 3 is 2.85 bits per heavy atom. The summed E-state index contributed by atoms with van der Waals surface area (Å²) in [6, 6.07) is 7.48. The Kier molecular flexibility index (Phi) is 5.66. The van der Waals surface area contributed by atoms with Crippen molar-refractivity contribution < 1.29 is 9.15 Å². The molecule has 1 saturated heterocycles. The molecule has 1 aromatic carbocycles. The van der Waals surface area contributed by atoms with Crippen molar-refractivity contribution in [3.63, 3.8) is 0 Å². The van der Waals surface area contributed by atoms with E-state index in [4.69, 9.17) is 20.8 Å². The Labute approximate surface area is 166 Å². The number of halogens is 1. The third-order valence-electron chi connectivity index (χ3n) is 4.28. The molecule has 0 saturated carbocycles. The topological polar surface area (TPSA) is 69.2 Å². The van der Waals surface area contributed by atoms with Gasteiger partial charge < -0.3 is 14.1 Å². The Morgan fingerprint density at radius 2 is 2.07 bits per heavy atom. The maximum Gasteiger partial charge on any atom is 0.228 e. The molecule has 3 aromatic rings. The van der Waals surface area contributed by atoms with Crippen LogP contribution in [0.4, 0.5) is 5.95 Å². The molecule has 3 heterocycles. The number of hydrogen-bond acceptors (Lipinski definition) is 7. The van der Waals surface area contributed by atoms with E-state index in [0.29, 0.717) is 16.7 Å². The molecule has 1 aliphatic rings. The highest BCUT2D eigenvalue weighted by molar-refractivity contribution is 7.98. The number of hydrogen-bond donors (Lipinski definition) is 0. The molecule has 9 heteroatoms. The Bertz CT molecular complexity index is 907. The maximum atomic E-state index is 6.04. The van der Waals surface area contributed by atoms with Crippen LogP contribution in [0.2, 0.25) is 5.02 Å². The summed E-state index contributed by atoms with van der Waals surface area (Å²) in [6.07, 6.45) is 1.68. The quantitative estimate of drug-likeness (QED) is 0.578. The molecule has 0 atom stereocenters. The first-order valence-corrected chi connectivity index (χ1v) is 10.2. The summed E-state index contributed by atoms with van der Waals surface area (Å²) in [5.74, 6) is 2.13. The van der Waals surface area contributed by atoms with Crippen molar-refractivity contribution >= 4 is 29.3 Å². The van der Waals surface area contributed by atoms with Crippen LogP contribution in [0.3, 0.4) is 0 Å². The molecule has 0 amide bonds. The molecule has 1 aliphatic heterocycles. The number of anilines is 1. The molecular weight excluding hydrogens is 386 g/mol. The van der Waals surface area contributed by atoms with Gasteiger partial charge >= 0.3 is 0 Å². The van der Waals surface area contributed by atoms with Crippen molar-refractivity contribution in [1.82, 2.24) is 19.7 Å². The van der Waals surface area contributed by atoms with E-state index in [1.165, 1.54) is 0 Å². The predicted octanol–water partition coefficient (Wildman–Crippen LogP) is 3.74. The third-order valence-corrected chi connectivity index (χ3v) is 5.52. The van der Waals surface area contributed by atoms with Crippen LogP contribution in [0.25, 0.3) is 11.5 Å². The van der Waals surface area contributed by atoms with Gasteiger partial charge in [-0.05, 0) is 25.1 Å². The lowest BCUT2D eigenvalue weighted by molar-refractivity contribution is 0.121. The molecule has 0 radical (unpaired) electrons. The van der Waals surface area contributed by atoms with E-state index in [1.54, 1.807) is 18.0 Å². The highest BCUT2D eigenvalue weighted by atomic mass is 35.5. The lowest BCUT2D eigenvalue weighted by Gasteiger charge is -2.27. The van der Waals surface area contributed by atoms with Crippen LogP contribution in [0.5, 0.6) is 0 Å². The second-order valence-electron chi connectivity index (χ2n) is 6.07. The summed E-state index contributed by atoms with van der Waals surface area (Å²) in [7, 11) is 0. The number of morpholine rings is 1. The van der Waals surface area contributed by atoms with Gasteiger partial charge in [-0.1, -0.05) is 29.4 Å². The van der Waals surface area contributed by atoms with Gasteiger partial charge in [-0.3, -0.25) is 4.57 Å². The molecule has 7 nitrogen and oxygen atoms in total. The SMILES string of the molecule is CCn1c(SCc2coc(-c3cccc(Cl)c3)n2)nnc1N1CCOCC1. The first kappa shape index (κ1) is 18.3. The van der Waals surface area contributed by atoms with E-state index in [-0.39, 0.29) is 0 Å². The number of thioether (sulfide) groups is 1. The van der Waals surface area contributed by atoms with Gasteiger partial charge in [0.1, 0.15) is 6.26 Å². The van der Waals surface area contributed by atoms with Crippen LogP contribution in [-0.4, -0.2) is 46.1 Å². The van der Waals surface area contributed by atoms with Crippen molar-refractivity contribution in [2.24, 2.45) is 0 Å². The van der Waals surface area contributed by atoms with Crippen molar-refractivity contribution in [3.05, 3.63) is 41.2 Å². The van der Waals surface area contributed by atoms with Crippen molar-refractivity contribution in [3.8, 4) is 11.5 Å². The zero-order chi connectivity index (χ0) is 18.6. The lowest BCUT2D eigenvalue weighted by atomic mass is 10.2. The molecule has 2 aromatic heterocycles. The molecule has 0 N–H and O–H groups in total. The minimum Gasteiger partial charge on any atom is -0.444 e. The molecule has 0 unspecified atom stereocenters. The molecule has 0 spiro atoms. The molecule has 27 heavy (non-hydrogen) atoms. The highest BCUT2D eigenvalue weighted by Crippen LogP contribution is 2.27. The minimum absolute atomic E-state index is 0.569. The second kappa shape index (κ2) is 8.33. The normalized spacial score (nSPS) is 14.7. The number of rotatable bonds is 6. The van der Waals surface area contributed by atoms with Gasteiger partial charge in [0.05, 0.1) is 18.9 Å². The van der Waals surface area contributed by atoms with E-state index in [2.05, 4.69) is 31.6 Å². The van der Waals surface area contributed by atoms with E-state index in [0.717, 1.165) is 55.2 Å². The average Bonchev–Trinajstić information content (AvgIpc) is 3.34. The number of benzene rings is 1. The smallest absolute Gasteiger partial charge is 0.228 e. The second-order valence-corrected chi connectivity index (χ2v) is 7.45. The van der Waals surface area contributed by atoms with Crippen molar-refractivity contribution in [2.75, 3.05) is 31.2 Å². The summed E-state index contributed by atoms with van der Waals surface area (Å²) >= 11 is 7.64. The zero-order valence-corrected chi connectivity index (χ0v) is 16.5. The number of ether oxygens (including phenoxy) is 1. The van der Waals surface area contributed by atoms with Crippen LogP contribution < -0.4 is 4.90 Å². The van der Waals surface area contributed by atoms with Crippen LogP contribution in [0.15, 0.2) is 40.1 Å². The van der Waals surface area contributed by atoms with E-state index in [1.807, 2.05) is 24.3 Å². The summed E-state index contributed by atoms with van der Waals surface area (Å²) in [5, 5.41) is 10.3. The maximum absolute atomic E-state index is 6.04. The monoisotopic (exact) mass is 405 g/mol. The summed E-state index contributed by atoms with van der Waals surface area (Å²) in [5.41, 5.74) is 1.72. The van der Waals surface area contributed by atoms with Crippen LogP contribution in [0.1, 0.15) is 12.6 Å². The van der Waals surface area contributed by atoms with Gasteiger partial charge in [-0.2, -0.15) is 0 Å². The number of aromatic nitrogens is 4. The predicted molar refractivity (Wildman–Crippen MR) is 105 cm³/mol. The van der Waals surface area contributed by atoms with Gasteiger partial charge in [0.25, 0.3) is 0 Å². The van der Waals surface area contributed by atoms with Crippen molar-refractivity contribution in [2.45, 2.75) is 24.4 Å². The van der Waals surface area contributed by atoms with E-state index < -0.39 is 0 Å². The molecule has 1 fully saturated rings. The average molecular weight is 406 g/mol. The fraction of sp³-hybridized carbons (Fsp3) is 0.389. The van der Waals surface area contributed by atoms with E-state index in [9.17, 15) is 0 Å². The fourth-order valence-corrected chi connectivity index (χ4v) is 3.99. The Balaban J connectivity index is 1.45. The zero-order valence-electron chi connectivity index (χ0n) is 15.0. The standard InChI is InChI=1S/C18H20ClN5O2S/c1-2-24-17(23-6-8-25-9-7-23)21-22-18(24)27-12-15-11-26-16(20-15)13-4-3-5-14(19)10-13/h3-5,10-11H,2,6-9,12H2,1H3. The highest BCUT2D eigenvalue weighted by Gasteiger charge is 2.20. The van der Waals surface area contributed by atoms with Gasteiger partial charge in [0.15, 0.2) is 5.16 Å². The Hall–Kier alpha value is -2.03. The van der Waals surface area contributed by atoms with Gasteiger partial charge in [-0.25, -0.2) is 4.98 Å². The minimum atomic E-state index is 0.569. The summed E-state index contributed by atoms with van der Waals surface area (Å²) in [6.45, 7) is 6.05. The van der Waals surface area contributed by atoms with Gasteiger partial charge in [0.2, 0.25) is 11.8 Å². The molecule has 0 bridgehead atoms. The summed E-state index contributed by atoms with van der Waals surface area (Å²) in [4.78, 5) is 6.78. The molecule has 0 aliphatic carbocycles. The third kappa shape index (κ3) is 4.12. The van der Waals surface area contributed by atoms with E-state index >= 15 is 0 Å². The van der Waals surface area contributed by atoms with Crippen LogP contribution in [0, 0.1) is 0 Å². The van der Waals surface area contributed by atoms with Crippen LogP contribution in [-0.2, 0) is 17.0 Å².